The summed E-state index contributed by atoms with van der Waals surface area (Å²) in [5.41, 5.74) is 5.43. The van der Waals surface area contributed by atoms with Gasteiger partial charge in [-0.2, -0.15) is 0 Å². The highest BCUT2D eigenvalue weighted by Gasteiger charge is 2.28. The number of aliphatic hydroxyl groups excluding tert-OH is 1. The highest BCUT2D eigenvalue weighted by molar-refractivity contribution is 4.80. The monoisotopic (exact) mass is 143 g/mol. The van der Waals surface area contributed by atoms with E-state index >= 15 is 0 Å². The maximum atomic E-state index is 9.56. The average molecular weight is 143 g/mol. The lowest BCUT2D eigenvalue weighted by molar-refractivity contribution is 0.0238. The molecule has 0 radical (unpaired) electrons. The zero-order chi connectivity index (χ0) is 7.56. The molecule has 2 nitrogen and oxygen atoms in total. The van der Waals surface area contributed by atoms with Crippen molar-refractivity contribution in [2.45, 2.75) is 32.3 Å². The lowest BCUT2D eigenvalue weighted by atomic mass is 9.77. The van der Waals surface area contributed by atoms with Crippen LogP contribution in [0.1, 0.15) is 26.2 Å². The molecule has 10 heavy (non-hydrogen) atoms. The smallest absolute Gasteiger partial charge is 0.0605 e. The average Bonchev–Trinajstić information content (AvgIpc) is 1.82. The minimum absolute atomic E-state index is 0.140. The van der Waals surface area contributed by atoms with Gasteiger partial charge in [0, 0.05) is 0 Å². The molecule has 0 bridgehead atoms. The van der Waals surface area contributed by atoms with Gasteiger partial charge in [0.15, 0.2) is 0 Å². The SMILES string of the molecule is CC(CN)C(O)C1CCC1. The van der Waals surface area contributed by atoms with Gasteiger partial charge < -0.3 is 10.8 Å². The number of rotatable bonds is 3. The predicted octanol–water partition coefficient (Wildman–Crippen LogP) is 0.742. The van der Waals surface area contributed by atoms with Crippen LogP contribution in [-0.2, 0) is 0 Å². The highest BCUT2D eigenvalue weighted by Crippen LogP contribution is 2.32. The first-order valence-electron chi connectivity index (χ1n) is 4.14. The van der Waals surface area contributed by atoms with Crippen LogP contribution in [0.3, 0.4) is 0 Å². The molecule has 1 rings (SSSR count). The fraction of sp³-hybridized carbons (Fsp3) is 1.00. The van der Waals surface area contributed by atoms with Gasteiger partial charge in [0.2, 0.25) is 0 Å². The summed E-state index contributed by atoms with van der Waals surface area (Å²) >= 11 is 0. The minimum Gasteiger partial charge on any atom is -0.393 e. The minimum atomic E-state index is -0.140. The summed E-state index contributed by atoms with van der Waals surface area (Å²) < 4.78 is 0. The highest BCUT2D eigenvalue weighted by atomic mass is 16.3. The summed E-state index contributed by atoms with van der Waals surface area (Å²) in [6, 6.07) is 0. The zero-order valence-electron chi connectivity index (χ0n) is 6.59. The molecule has 1 aliphatic rings. The fourth-order valence-electron chi connectivity index (χ4n) is 1.39. The molecular weight excluding hydrogens is 126 g/mol. The van der Waals surface area contributed by atoms with E-state index in [9.17, 15) is 5.11 Å². The van der Waals surface area contributed by atoms with Crippen LogP contribution in [0.4, 0.5) is 0 Å². The molecule has 0 amide bonds. The second-order valence-corrected chi connectivity index (χ2v) is 3.39. The normalized spacial score (nSPS) is 25.5. The third kappa shape index (κ3) is 1.50. The zero-order valence-corrected chi connectivity index (χ0v) is 6.59. The van der Waals surface area contributed by atoms with Crippen LogP contribution in [0.5, 0.6) is 0 Å². The van der Waals surface area contributed by atoms with Gasteiger partial charge in [-0.05, 0) is 31.2 Å². The summed E-state index contributed by atoms with van der Waals surface area (Å²) in [5.74, 6) is 0.837. The Morgan fingerprint density at radius 2 is 2.20 bits per heavy atom. The Balaban J connectivity index is 2.24. The Labute approximate surface area is 62.4 Å². The third-order valence-corrected chi connectivity index (χ3v) is 2.59. The Morgan fingerprint density at radius 3 is 2.50 bits per heavy atom. The first-order chi connectivity index (χ1) is 4.75. The number of hydrogen-bond donors (Lipinski definition) is 2. The number of hydrogen-bond acceptors (Lipinski definition) is 2. The van der Waals surface area contributed by atoms with Crippen LogP contribution in [0.25, 0.3) is 0 Å². The van der Waals surface area contributed by atoms with Crippen LogP contribution in [-0.4, -0.2) is 17.8 Å². The van der Waals surface area contributed by atoms with Crippen LogP contribution in [0.15, 0.2) is 0 Å². The Morgan fingerprint density at radius 1 is 1.60 bits per heavy atom. The predicted molar refractivity (Wildman–Crippen MR) is 41.6 cm³/mol. The van der Waals surface area contributed by atoms with Crippen molar-refractivity contribution in [3.8, 4) is 0 Å². The molecule has 1 fully saturated rings. The van der Waals surface area contributed by atoms with Crippen molar-refractivity contribution >= 4 is 0 Å². The van der Waals surface area contributed by atoms with E-state index in [2.05, 4.69) is 0 Å². The first kappa shape index (κ1) is 8.02. The molecular formula is C8H17NO. The van der Waals surface area contributed by atoms with Crippen molar-refractivity contribution in [2.75, 3.05) is 6.54 Å². The lowest BCUT2D eigenvalue weighted by Crippen LogP contribution is -2.35. The molecule has 60 valence electrons. The Hall–Kier alpha value is -0.0800. The number of nitrogens with two attached hydrogens (primary N) is 1. The standard InChI is InChI=1S/C8H17NO/c1-6(5-9)8(10)7-3-2-4-7/h6-8,10H,2-5,9H2,1H3. The van der Waals surface area contributed by atoms with Gasteiger partial charge in [0.25, 0.3) is 0 Å². The van der Waals surface area contributed by atoms with E-state index in [4.69, 9.17) is 5.73 Å². The van der Waals surface area contributed by atoms with E-state index in [0.717, 1.165) is 0 Å². The van der Waals surface area contributed by atoms with E-state index in [1.165, 1.54) is 19.3 Å². The van der Waals surface area contributed by atoms with Crippen LogP contribution in [0.2, 0.25) is 0 Å². The maximum Gasteiger partial charge on any atom is 0.0605 e. The van der Waals surface area contributed by atoms with Gasteiger partial charge in [-0.1, -0.05) is 13.3 Å². The van der Waals surface area contributed by atoms with Gasteiger partial charge in [-0.15, -0.1) is 0 Å². The second-order valence-electron chi connectivity index (χ2n) is 3.39. The summed E-state index contributed by atoms with van der Waals surface area (Å²) in [6.45, 7) is 2.63. The molecule has 3 N–H and O–H groups in total. The molecule has 0 aromatic heterocycles. The lowest BCUT2D eigenvalue weighted by Gasteiger charge is -2.33. The summed E-state index contributed by atoms with van der Waals surface area (Å²) in [6.07, 6.45) is 3.55. The van der Waals surface area contributed by atoms with Crippen LogP contribution in [0, 0.1) is 11.8 Å². The quantitative estimate of drug-likeness (QED) is 0.612. The molecule has 1 saturated carbocycles. The van der Waals surface area contributed by atoms with Crippen molar-refractivity contribution in [3.63, 3.8) is 0 Å². The van der Waals surface area contributed by atoms with E-state index in [1.54, 1.807) is 0 Å². The van der Waals surface area contributed by atoms with Gasteiger partial charge >= 0.3 is 0 Å². The van der Waals surface area contributed by atoms with Gasteiger partial charge in [0.1, 0.15) is 0 Å². The first-order valence-corrected chi connectivity index (χ1v) is 4.14. The Bertz CT molecular complexity index is 96.7. The number of aliphatic hydroxyl groups is 1. The van der Waals surface area contributed by atoms with Gasteiger partial charge in [0.05, 0.1) is 6.10 Å². The maximum absolute atomic E-state index is 9.56. The molecule has 2 heteroatoms. The summed E-state index contributed by atoms with van der Waals surface area (Å²) in [5, 5.41) is 9.56. The van der Waals surface area contributed by atoms with Crippen molar-refractivity contribution in [1.82, 2.24) is 0 Å². The van der Waals surface area contributed by atoms with Crippen molar-refractivity contribution < 1.29 is 5.11 Å². The van der Waals surface area contributed by atoms with Crippen LogP contribution < -0.4 is 5.73 Å². The van der Waals surface area contributed by atoms with Gasteiger partial charge in [-0.25, -0.2) is 0 Å². The fourth-order valence-corrected chi connectivity index (χ4v) is 1.39. The molecule has 0 spiro atoms. The van der Waals surface area contributed by atoms with Crippen molar-refractivity contribution in [3.05, 3.63) is 0 Å². The molecule has 0 saturated heterocycles. The molecule has 2 atom stereocenters. The van der Waals surface area contributed by atoms with E-state index in [-0.39, 0.29) is 12.0 Å². The van der Waals surface area contributed by atoms with Crippen LogP contribution >= 0.6 is 0 Å². The molecule has 0 aromatic carbocycles. The van der Waals surface area contributed by atoms with Crippen molar-refractivity contribution in [1.29, 1.82) is 0 Å². The van der Waals surface area contributed by atoms with E-state index in [0.29, 0.717) is 12.5 Å². The molecule has 1 aliphatic carbocycles. The Kier molecular flexibility index (Phi) is 2.69. The third-order valence-electron chi connectivity index (χ3n) is 2.59. The topological polar surface area (TPSA) is 46.2 Å². The molecule has 2 unspecified atom stereocenters. The van der Waals surface area contributed by atoms with E-state index in [1.807, 2.05) is 6.92 Å². The van der Waals surface area contributed by atoms with Gasteiger partial charge in [-0.3, -0.25) is 0 Å². The molecule has 0 heterocycles. The second kappa shape index (κ2) is 3.35. The van der Waals surface area contributed by atoms with Crippen molar-refractivity contribution in [2.24, 2.45) is 17.6 Å². The molecule has 0 aliphatic heterocycles. The summed E-state index contributed by atoms with van der Waals surface area (Å²) in [7, 11) is 0. The largest absolute Gasteiger partial charge is 0.393 e. The molecule has 0 aromatic rings. The summed E-state index contributed by atoms with van der Waals surface area (Å²) in [4.78, 5) is 0. The van der Waals surface area contributed by atoms with E-state index < -0.39 is 0 Å².